The van der Waals surface area contributed by atoms with Gasteiger partial charge in [-0.25, -0.2) is 4.68 Å². The van der Waals surface area contributed by atoms with Crippen LogP contribution in [0.1, 0.15) is 24.4 Å². The second kappa shape index (κ2) is 7.45. The van der Waals surface area contributed by atoms with Gasteiger partial charge in [0.15, 0.2) is 0 Å². The molecule has 1 saturated carbocycles. The summed E-state index contributed by atoms with van der Waals surface area (Å²) in [5, 5.41) is 15.1. The Hall–Kier alpha value is -2.09. The lowest BCUT2D eigenvalue weighted by molar-refractivity contribution is -0.118. The molecule has 0 bridgehead atoms. The Morgan fingerprint density at radius 1 is 1.39 bits per heavy atom. The van der Waals surface area contributed by atoms with E-state index in [0.717, 1.165) is 18.6 Å². The van der Waals surface area contributed by atoms with Gasteiger partial charge >= 0.3 is 0 Å². The Morgan fingerprint density at radius 3 is 2.91 bits per heavy atom. The first-order valence-corrected chi connectivity index (χ1v) is 8.58. The zero-order valence-corrected chi connectivity index (χ0v) is 13.8. The predicted octanol–water partition coefficient (Wildman–Crippen LogP) is 1.60. The van der Waals surface area contributed by atoms with Crippen LogP contribution < -0.4 is 10.1 Å². The van der Waals surface area contributed by atoms with Gasteiger partial charge in [-0.05, 0) is 42.3 Å². The monoisotopic (exact) mass is 333 g/mol. The number of nitrogens with zero attached hydrogens (tertiary/aromatic N) is 4. The smallest absolute Gasteiger partial charge is 0.230 e. The lowest BCUT2D eigenvalue weighted by Gasteiger charge is -2.08. The van der Waals surface area contributed by atoms with Crippen molar-refractivity contribution in [3.05, 3.63) is 29.8 Å². The highest BCUT2D eigenvalue weighted by Crippen LogP contribution is 2.36. The fourth-order valence-corrected chi connectivity index (χ4v) is 2.78. The molecule has 7 nitrogen and oxygen atoms in total. The second-order valence-corrected chi connectivity index (χ2v) is 6.38. The van der Waals surface area contributed by atoms with Crippen LogP contribution in [0.3, 0.4) is 0 Å². The molecule has 23 heavy (non-hydrogen) atoms. The van der Waals surface area contributed by atoms with E-state index >= 15 is 0 Å². The summed E-state index contributed by atoms with van der Waals surface area (Å²) in [5.41, 5.74) is 1.19. The van der Waals surface area contributed by atoms with Gasteiger partial charge in [-0.2, -0.15) is 0 Å². The molecule has 0 saturated heterocycles. The number of benzene rings is 1. The second-order valence-electron chi connectivity index (χ2n) is 5.44. The van der Waals surface area contributed by atoms with E-state index in [-0.39, 0.29) is 5.91 Å². The Bertz CT molecular complexity index is 654. The molecule has 122 valence electrons. The lowest BCUT2D eigenvalue weighted by atomic mass is 10.2. The molecule has 1 aromatic carbocycles. The van der Waals surface area contributed by atoms with Gasteiger partial charge in [-0.1, -0.05) is 29.5 Å². The number of rotatable bonds is 8. The highest BCUT2D eigenvalue weighted by molar-refractivity contribution is 7.99. The number of carbonyl (C=O) groups is 1. The maximum Gasteiger partial charge on any atom is 0.230 e. The molecule has 0 unspecified atom stereocenters. The summed E-state index contributed by atoms with van der Waals surface area (Å²) in [6.07, 6.45) is 2.22. The summed E-state index contributed by atoms with van der Waals surface area (Å²) in [6.45, 7) is 2.95. The summed E-state index contributed by atoms with van der Waals surface area (Å²) >= 11 is 1.36. The zero-order valence-electron chi connectivity index (χ0n) is 12.9. The van der Waals surface area contributed by atoms with Crippen molar-refractivity contribution in [2.75, 3.05) is 18.9 Å². The van der Waals surface area contributed by atoms with Crippen LogP contribution in [0.4, 0.5) is 0 Å². The number of aromatic nitrogens is 4. The molecule has 1 amide bonds. The minimum atomic E-state index is -0.0483. The van der Waals surface area contributed by atoms with Crippen molar-refractivity contribution in [3.63, 3.8) is 0 Å². The fraction of sp³-hybridized carbons (Fsp3) is 0.467. The first-order chi connectivity index (χ1) is 11.2. The molecular weight excluding hydrogens is 314 g/mol. The van der Waals surface area contributed by atoms with Crippen molar-refractivity contribution in [2.45, 2.75) is 31.0 Å². The highest BCUT2D eigenvalue weighted by Gasteiger charge is 2.28. The standard InChI is InChI=1S/C15H19N5O2S/c1-11-2-6-13(7-3-11)22-9-8-16-14(21)10-23-15-17-18-19-20(15)12-4-5-12/h2-3,6-7,12H,4-5,8-10H2,1H3,(H,16,21). The van der Waals surface area contributed by atoms with E-state index in [1.807, 2.05) is 31.2 Å². The quantitative estimate of drug-likeness (QED) is 0.584. The highest BCUT2D eigenvalue weighted by atomic mass is 32.2. The molecule has 0 atom stereocenters. The van der Waals surface area contributed by atoms with Crippen LogP contribution >= 0.6 is 11.8 Å². The number of thioether (sulfide) groups is 1. The minimum absolute atomic E-state index is 0.0483. The third kappa shape index (κ3) is 4.69. The largest absolute Gasteiger partial charge is 0.492 e. The molecule has 2 aromatic rings. The van der Waals surface area contributed by atoms with Crippen LogP contribution in [0.2, 0.25) is 0 Å². The van der Waals surface area contributed by atoms with Gasteiger partial charge in [0, 0.05) is 0 Å². The normalized spacial score (nSPS) is 13.8. The molecule has 1 aliphatic rings. The minimum Gasteiger partial charge on any atom is -0.492 e. The average molecular weight is 333 g/mol. The Kier molecular flexibility index (Phi) is 5.12. The molecule has 1 fully saturated rings. The van der Waals surface area contributed by atoms with Gasteiger partial charge in [0.25, 0.3) is 0 Å². The van der Waals surface area contributed by atoms with Crippen LogP contribution in [-0.2, 0) is 4.79 Å². The van der Waals surface area contributed by atoms with E-state index < -0.39 is 0 Å². The SMILES string of the molecule is Cc1ccc(OCCNC(=O)CSc2nnnn2C2CC2)cc1. The number of ether oxygens (including phenoxy) is 1. The van der Waals surface area contributed by atoms with E-state index in [9.17, 15) is 4.79 Å². The number of carbonyl (C=O) groups excluding carboxylic acids is 1. The molecule has 8 heteroatoms. The van der Waals surface area contributed by atoms with Crippen molar-refractivity contribution in [3.8, 4) is 5.75 Å². The molecule has 1 heterocycles. The number of hydrogen-bond donors (Lipinski definition) is 1. The Labute approximate surface area is 138 Å². The van der Waals surface area contributed by atoms with E-state index in [4.69, 9.17) is 4.74 Å². The van der Waals surface area contributed by atoms with Gasteiger partial charge in [-0.15, -0.1) is 5.10 Å². The molecule has 3 rings (SSSR count). The van der Waals surface area contributed by atoms with E-state index in [2.05, 4.69) is 20.8 Å². The Morgan fingerprint density at radius 2 is 2.17 bits per heavy atom. The van der Waals surface area contributed by atoms with Gasteiger partial charge in [0.1, 0.15) is 12.4 Å². The van der Waals surface area contributed by atoms with Crippen LogP contribution in [0, 0.1) is 6.92 Å². The third-order valence-corrected chi connectivity index (χ3v) is 4.34. The molecule has 0 radical (unpaired) electrons. The molecule has 1 N–H and O–H groups in total. The van der Waals surface area contributed by atoms with Crippen LogP contribution in [0.15, 0.2) is 29.4 Å². The van der Waals surface area contributed by atoms with Gasteiger partial charge in [0.2, 0.25) is 11.1 Å². The van der Waals surface area contributed by atoms with Crippen molar-refractivity contribution in [2.24, 2.45) is 0 Å². The topological polar surface area (TPSA) is 81.9 Å². The van der Waals surface area contributed by atoms with Crippen molar-refractivity contribution in [1.29, 1.82) is 0 Å². The van der Waals surface area contributed by atoms with Gasteiger partial charge < -0.3 is 10.1 Å². The number of hydrogen-bond acceptors (Lipinski definition) is 6. The number of aryl methyl sites for hydroxylation is 1. The van der Waals surface area contributed by atoms with Gasteiger partial charge in [0.05, 0.1) is 18.3 Å². The average Bonchev–Trinajstić information content (AvgIpc) is 3.29. The Balaban J connectivity index is 1.33. The van der Waals surface area contributed by atoms with Crippen LogP contribution in [-0.4, -0.2) is 45.0 Å². The van der Waals surface area contributed by atoms with Crippen molar-refractivity contribution in [1.82, 2.24) is 25.5 Å². The first-order valence-electron chi connectivity index (χ1n) is 7.59. The number of tetrazole rings is 1. The summed E-state index contributed by atoms with van der Waals surface area (Å²) in [5.74, 6) is 1.06. The lowest BCUT2D eigenvalue weighted by Crippen LogP contribution is -2.29. The summed E-state index contributed by atoms with van der Waals surface area (Å²) in [4.78, 5) is 11.8. The fourth-order valence-electron chi connectivity index (χ4n) is 2.00. The zero-order chi connectivity index (χ0) is 16.1. The van der Waals surface area contributed by atoms with Crippen molar-refractivity contribution >= 4 is 17.7 Å². The summed E-state index contributed by atoms with van der Waals surface area (Å²) < 4.78 is 7.37. The van der Waals surface area contributed by atoms with E-state index in [0.29, 0.717) is 30.1 Å². The summed E-state index contributed by atoms with van der Waals surface area (Å²) in [6, 6.07) is 8.25. The molecule has 1 aliphatic carbocycles. The van der Waals surface area contributed by atoms with Gasteiger partial charge in [-0.3, -0.25) is 4.79 Å². The first kappa shape index (κ1) is 15.8. The molecule has 0 spiro atoms. The number of nitrogens with one attached hydrogen (secondary N) is 1. The maximum absolute atomic E-state index is 11.8. The van der Waals surface area contributed by atoms with E-state index in [1.54, 1.807) is 4.68 Å². The van der Waals surface area contributed by atoms with Crippen LogP contribution in [0.5, 0.6) is 5.75 Å². The molecule has 0 aliphatic heterocycles. The van der Waals surface area contributed by atoms with Crippen molar-refractivity contribution < 1.29 is 9.53 Å². The third-order valence-electron chi connectivity index (χ3n) is 3.40. The predicted molar refractivity (Wildman–Crippen MR) is 86.5 cm³/mol. The van der Waals surface area contributed by atoms with Crippen LogP contribution in [0.25, 0.3) is 0 Å². The summed E-state index contributed by atoms with van der Waals surface area (Å²) in [7, 11) is 0. The number of amides is 1. The molecular formula is C15H19N5O2S. The molecule has 1 aromatic heterocycles. The maximum atomic E-state index is 11.8. The van der Waals surface area contributed by atoms with E-state index in [1.165, 1.54) is 17.3 Å².